The van der Waals surface area contributed by atoms with Crippen molar-refractivity contribution in [3.63, 3.8) is 0 Å². The van der Waals surface area contributed by atoms with Gasteiger partial charge in [-0.1, -0.05) is 0 Å². The highest BCUT2D eigenvalue weighted by atomic mass is 16.4. The van der Waals surface area contributed by atoms with Gasteiger partial charge in [0, 0.05) is 6.54 Å². The zero-order valence-corrected chi connectivity index (χ0v) is 6.94. The van der Waals surface area contributed by atoms with Gasteiger partial charge in [0.1, 0.15) is 12.2 Å². The molecule has 0 saturated carbocycles. The summed E-state index contributed by atoms with van der Waals surface area (Å²) in [6, 6.07) is 0. The molecule has 0 aromatic carbocycles. The molecule has 1 aliphatic heterocycles. The number of aliphatic hydroxyl groups excluding tert-OH is 4. The number of β-amino-alcohol motifs (C(OH)–C–C–N with tert-alkyl or cyclic N) is 1. The van der Waals surface area contributed by atoms with Crippen LogP contribution in [0.1, 0.15) is 6.92 Å². The minimum absolute atomic E-state index is 0.176. The minimum Gasteiger partial charge on any atom is -0.394 e. The molecule has 72 valence electrons. The van der Waals surface area contributed by atoms with Crippen molar-refractivity contribution >= 4 is 0 Å². The van der Waals surface area contributed by atoms with Crippen LogP contribution in [0.4, 0.5) is 0 Å². The van der Waals surface area contributed by atoms with Crippen molar-refractivity contribution in [3.8, 4) is 0 Å². The van der Waals surface area contributed by atoms with Gasteiger partial charge in [-0.25, -0.2) is 0 Å². The molecular formula is C7H15NO4. The molecule has 1 aliphatic rings. The van der Waals surface area contributed by atoms with Crippen LogP contribution in [-0.2, 0) is 0 Å². The fraction of sp³-hybridized carbons (Fsp3) is 1.00. The molecule has 1 rings (SSSR count). The highest BCUT2D eigenvalue weighted by Gasteiger charge is 2.44. The normalized spacial score (nSPS) is 49.2. The highest BCUT2D eigenvalue weighted by Crippen LogP contribution is 2.19. The first-order valence-corrected chi connectivity index (χ1v) is 3.91. The maximum Gasteiger partial charge on any atom is 0.109 e. The summed E-state index contributed by atoms with van der Waals surface area (Å²) >= 11 is 0. The predicted octanol–water partition coefficient (Wildman–Crippen LogP) is -2.58. The van der Waals surface area contributed by atoms with E-state index in [4.69, 9.17) is 10.2 Å². The van der Waals surface area contributed by atoms with Crippen LogP contribution in [0, 0.1) is 0 Å². The molecule has 4 atom stereocenters. The van der Waals surface area contributed by atoms with Gasteiger partial charge in [0.25, 0.3) is 0 Å². The van der Waals surface area contributed by atoms with E-state index < -0.39 is 23.9 Å². The molecule has 1 saturated heterocycles. The van der Waals surface area contributed by atoms with E-state index in [1.54, 1.807) is 6.92 Å². The van der Waals surface area contributed by atoms with E-state index >= 15 is 0 Å². The van der Waals surface area contributed by atoms with Crippen LogP contribution >= 0.6 is 0 Å². The van der Waals surface area contributed by atoms with Crippen molar-refractivity contribution in [1.82, 2.24) is 5.32 Å². The Labute approximate surface area is 70.6 Å². The van der Waals surface area contributed by atoms with Gasteiger partial charge in [-0.2, -0.15) is 0 Å². The Kier molecular flexibility index (Phi) is 2.70. The van der Waals surface area contributed by atoms with E-state index in [0.29, 0.717) is 0 Å². The molecular weight excluding hydrogens is 162 g/mol. The SMILES string of the molecule is C[C@]1(CO)NC[C@H](O)[C@@H](O)[C@@H]1O. The fourth-order valence-corrected chi connectivity index (χ4v) is 1.30. The molecule has 5 N–H and O–H groups in total. The molecule has 1 fully saturated rings. The van der Waals surface area contributed by atoms with Gasteiger partial charge in [0.2, 0.25) is 0 Å². The second-order valence-electron chi connectivity index (χ2n) is 3.46. The number of aliphatic hydroxyl groups is 4. The third-order valence-electron chi connectivity index (χ3n) is 2.41. The van der Waals surface area contributed by atoms with Crippen molar-refractivity contribution in [2.24, 2.45) is 0 Å². The molecule has 0 unspecified atom stereocenters. The van der Waals surface area contributed by atoms with E-state index in [-0.39, 0.29) is 13.2 Å². The number of hydrogen-bond acceptors (Lipinski definition) is 5. The molecule has 5 heteroatoms. The van der Waals surface area contributed by atoms with Gasteiger partial charge in [-0.15, -0.1) is 0 Å². The highest BCUT2D eigenvalue weighted by molar-refractivity contribution is 5.01. The van der Waals surface area contributed by atoms with Gasteiger partial charge in [-0.05, 0) is 6.92 Å². The van der Waals surface area contributed by atoms with E-state index in [1.807, 2.05) is 0 Å². The third kappa shape index (κ3) is 1.46. The Bertz CT molecular complexity index is 165. The zero-order chi connectivity index (χ0) is 9.35. The van der Waals surface area contributed by atoms with E-state index in [0.717, 1.165) is 0 Å². The Balaban J connectivity index is 2.71. The van der Waals surface area contributed by atoms with Crippen LogP contribution < -0.4 is 5.32 Å². The number of piperidine rings is 1. The quantitative estimate of drug-likeness (QED) is 0.303. The summed E-state index contributed by atoms with van der Waals surface area (Å²) in [5.74, 6) is 0. The van der Waals surface area contributed by atoms with Crippen molar-refractivity contribution in [3.05, 3.63) is 0 Å². The summed E-state index contributed by atoms with van der Waals surface area (Å²) in [6.07, 6.45) is -3.31. The van der Waals surface area contributed by atoms with Crippen LogP contribution in [-0.4, -0.2) is 57.4 Å². The molecule has 0 aromatic heterocycles. The molecule has 0 amide bonds. The number of hydrogen-bond donors (Lipinski definition) is 5. The van der Waals surface area contributed by atoms with Gasteiger partial charge in [-0.3, -0.25) is 0 Å². The average molecular weight is 177 g/mol. The van der Waals surface area contributed by atoms with E-state index in [2.05, 4.69) is 5.32 Å². The van der Waals surface area contributed by atoms with E-state index in [1.165, 1.54) is 0 Å². The molecule has 0 bridgehead atoms. The van der Waals surface area contributed by atoms with Crippen LogP contribution in [0.5, 0.6) is 0 Å². The number of nitrogens with one attached hydrogen (secondary N) is 1. The van der Waals surface area contributed by atoms with Crippen molar-refractivity contribution < 1.29 is 20.4 Å². The molecule has 5 nitrogen and oxygen atoms in total. The summed E-state index contributed by atoms with van der Waals surface area (Å²) in [5.41, 5.74) is -0.918. The largest absolute Gasteiger partial charge is 0.394 e. The number of rotatable bonds is 1. The summed E-state index contributed by atoms with van der Waals surface area (Å²) in [5, 5.41) is 39.5. The molecule has 1 heterocycles. The monoisotopic (exact) mass is 177 g/mol. The Morgan fingerprint density at radius 2 is 2.00 bits per heavy atom. The molecule has 0 radical (unpaired) electrons. The van der Waals surface area contributed by atoms with Crippen molar-refractivity contribution in [1.29, 1.82) is 0 Å². The lowest BCUT2D eigenvalue weighted by Crippen LogP contribution is -2.68. The Morgan fingerprint density at radius 3 is 2.50 bits per heavy atom. The molecule has 0 aliphatic carbocycles. The lowest BCUT2D eigenvalue weighted by Gasteiger charge is -2.43. The maximum atomic E-state index is 9.43. The summed E-state index contributed by atoms with van der Waals surface area (Å²) in [7, 11) is 0. The van der Waals surface area contributed by atoms with Crippen molar-refractivity contribution in [2.45, 2.75) is 30.8 Å². The Hall–Kier alpha value is -0.200. The zero-order valence-electron chi connectivity index (χ0n) is 6.94. The maximum absolute atomic E-state index is 9.43. The fourth-order valence-electron chi connectivity index (χ4n) is 1.30. The second kappa shape index (κ2) is 3.27. The summed E-state index contributed by atoms with van der Waals surface area (Å²) in [6.45, 7) is 1.49. The lowest BCUT2D eigenvalue weighted by molar-refractivity contribution is -0.128. The van der Waals surface area contributed by atoms with Crippen molar-refractivity contribution in [2.75, 3.05) is 13.2 Å². The molecule has 0 aromatic rings. The summed E-state index contributed by atoms with van der Waals surface area (Å²) in [4.78, 5) is 0. The first-order valence-electron chi connectivity index (χ1n) is 3.91. The topological polar surface area (TPSA) is 93.0 Å². The second-order valence-corrected chi connectivity index (χ2v) is 3.46. The van der Waals surface area contributed by atoms with E-state index in [9.17, 15) is 10.2 Å². The molecule has 12 heavy (non-hydrogen) atoms. The first kappa shape index (κ1) is 9.88. The van der Waals surface area contributed by atoms with Crippen LogP contribution in [0.3, 0.4) is 0 Å². The average Bonchev–Trinajstić information content (AvgIpc) is 2.09. The van der Waals surface area contributed by atoms with Gasteiger partial charge in [0.15, 0.2) is 0 Å². The van der Waals surface area contributed by atoms with Crippen LogP contribution in [0.25, 0.3) is 0 Å². The standard InChI is InChI=1S/C7H15NO4/c1-7(3-9)6(12)5(11)4(10)2-8-7/h4-6,8-12H,2-3H2,1H3/t4-,5+,6-,7+/m0/s1. The lowest BCUT2D eigenvalue weighted by atomic mass is 9.85. The minimum atomic E-state index is -1.19. The van der Waals surface area contributed by atoms with Crippen LogP contribution in [0.15, 0.2) is 0 Å². The smallest absolute Gasteiger partial charge is 0.109 e. The predicted molar refractivity (Wildman–Crippen MR) is 41.5 cm³/mol. The Morgan fingerprint density at radius 1 is 1.42 bits per heavy atom. The van der Waals surface area contributed by atoms with Gasteiger partial charge >= 0.3 is 0 Å². The first-order chi connectivity index (χ1) is 5.51. The van der Waals surface area contributed by atoms with Crippen LogP contribution in [0.2, 0.25) is 0 Å². The third-order valence-corrected chi connectivity index (χ3v) is 2.41. The molecule has 0 spiro atoms. The van der Waals surface area contributed by atoms with Gasteiger partial charge < -0.3 is 25.7 Å². The van der Waals surface area contributed by atoms with Gasteiger partial charge in [0.05, 0.1) is 18.2 Å². The summed E-state index contributed by atoms with van der Waals surface area (Å²) < 4.78 is 0.